The van der Waals surface area contributed by atoms with Gasteiger partial charge in [0.1, 0.15) is 11.4 Å². The monoisotopic (exact) mass is 357 g/mol. The number of carboxylic acid groups (broad SMARTS) is 1. The molecule has 118 valence electrons. The highest BCUT2D eigenvalue weighted by Crippen LogP contribution is 2.22. The maximum absolute atomic E-state index is 11.4. The lowest BCUT2D eigenvalue weighted by molar-refractivity contribution is 0.0697. The Kier molecular flexibility index (Phi) is 7.67. The van der Waals surface area contributed by atoms with E-state index in [1.54, 1.807) is 12.3 Å². The fraction of sp³-hybridized carbons (Fsp3) is 0.600. The van der Waals surface area contributed by atoms with E-state index in [-0.39, 0.29) is 5.56 Å². The molecule has 21 heavy (non-hydrogen) atoms. The van der Waals surface area contributed by atoms with Crippen molar-refractivity contribution in [2.45, 2.75) is 27.2 Å². The number of anilines is 1. The molecule has 0 fully saturated rings. The van der Waals surface area contributed by atoms with E-state index >= 15 is 0 Å². The predicted molar refractivity (Wildman–Crippen MR) is 89.2 cm³/mol. The number of carboxylic acids is 1. The second-order valence-corrected chi connectivity index (χ2v) is 5.71. The van der Waals surface area contributed by atoms with Crippen LogP contribution in [-0.2, 0) is 0 Å². The molecule has 0 unspecified atom stereocenters. The van der Waals surface area contributed by atoms with Gasteiger partial charge in [0.2, 0.25) is 0 Å². The average molecular weight is 358 g/mol. The lowest BCUT2D eigenvalue weighted by atomic mass is 10.2. The van der Waals surface area contributed by atoms with Gasteiger partial charge in [0, 0.05) is 23.8 Å². The minimum atomic E-state index is -0.944. The molecule has 1 N–H and O–H groups in total. The minimum Gasteiger partial charge on any atom is -0.478 e. The minimum absolute atomic E-state index is 0.245. The van der Waals surface area contributed by atoms with Gasteiger partial charge in [0.15, 0.2) is 0 Å². The van der Waals surface area contributed by atoms with Crippen molar-refractivity contribution < 1.29 is 9.90 Å². The summed E-state index contributed by atoms with van der Waals surface area (Å²) in [6.45, 7) is 11.0. The van der Waals surface area contributed by atoms with Crippen molar-refractivity contribution in [1.29, 1.82) is 0 Å². The number of rotatable bonds is 9. The van der Waals surface area contributed by atoms with Crippen molar-refractivity contribution in [3.63, 3.8) is 0 Å². The summed E-state index contributed by atoms with van der Waals surface area (Å²) in [5, 5.41) is 9.33. The van der Waals surface area contributed by atoms with Gasteiger partial charge in [-0.15, -0.1) is 0 Å². The molecule has 0 aliphatic heterocycles. The van der Waals surface area contributed by atoms with Crippen LogP contribution < -0.4 is 4.90 Å². The second kappa shape index (κ2) is 9.00. The molecule has 1 aromatic rings. The summed E-state index contributed by atoms with van der Waals surface area (Å²) >= 11 is 3.28. The van der Waals surface area contributed by atoms with Crippen molar-refractivity contribution in [3.8, 4) is 0 Å². The van der Waals surface area contributed by atoms with Crippen molar-refractivity contribution in [3.05, 3.63) is 22.3 Å². The highest BCUT2D eigenvalue weighted by Gasteiger charge is 2.17. The molecular weight excluding hydrogens is 334 g/mol. The third-order valence-corrected chi connectivity index (χ3v) is 3.98. The molecule has 0 spiro atoms. The molecule has 0 bridgehead atoms. The number of halogens is 1. The van der Waals surface area contributed by atoms with E-state index in [1.165, 1.54) is 0 Å². The number of hydrogen-bond acceptors (Lipinski definition) is 4. The molecule has 0 aliphatic rings. The van der Waals surface area contributed by atoms with E-state index in [4.69, 9.17) is 0 Å². The zero-order chi connectivity index (χ0) is 15.8. The van der Waals surface area contributed by atoms with Crippen LogP contribution in [0, 0.1) is 0 Å². The van der Waals surface area contributed by atoms with Crippen LogP contribution in [0.25, 0.3) is 0 Å². The number of hydrogen-bond donors (Lipinski definition) is 1. The van der Waals surface area contributed by atoms with E-state index < -0.39 is 5.97 Å². The summed E-state index contributed by atoms with van der Waals surface area (Å²) in [5.41, 5.74) is 0.245. The fourth-order valence-corrected chi connectivity index (χ4v) is 2.61. The Morgan fingerprint density at radius 1 is 1.24 bits per heavy atom. The first-order valence-corrected chi connectivity index (χ1v) is 8.18. The van der Waals surface area contributed by atoms with Gasteiger partial charge in [0.25, 0.3) is 0 Å². The molecule has 1 rings (SSSR count). The Morgan fingerprint density at radius 2 is 1.90 bits per heavy atom. The van der Waals surface area contributed by atoms with Crippen LogP contribution in [0.1, 0.15) is 37.6 Å². The highest BCUT2D eigenvalue weighted by atomic mass is 79.9. The SMILES string of the molecule is CCN(CC)CCCN(CC)c1ncc(Br)cc1C(=O)O. The molecule has 0 radical (unpaired) electrons. The molecule has 0 aliphatic carbocycles. The summed E-state index contributed by atoms with van der Waals surface area (Å²) in [4.78, 5) is 20.1. The Balaban J connectivity index is 2.78. The van der Waals surface area contributed by atoms with E-state index in [1.807, 2.05) is 11.8 Å². The molecule has 6 heteroatoms. The van der Waals surface area contributed by atoms with Crippen molar-refractivity contribution in [1.82, 2.24) is 9.88 Å². The molecule has 1 aromatic heterocycles. The zero-order valence-corrected chi connectivity index (χ0v) is 14.6. The van der Waals surface area contributed by atoms with Crippen molar-refractivity contribution in [2.75, 3.05) is 37.6 Å². The summed E-state index contributed by atoms with van der Waals surface area (Å²) in [7, 11) is 0. The fourth-order valence-electron chi connectivity index (χ4n) is 2.28. The summed E-state index contributed by atoms with van der Waals surface area (Å²) < 4.78 is 0.683. The predicted octanol–water partition coefficient (Wildman–Crippen LogP) is 3.10. The molecule has 0 saturated carbocycles. The van der Waals surface area contributed by atoms with Crippen LogP contribution >= 0.6 is 15.9 Å². The van der Waals surface area contributed by atoms with Crippen molar-refractivity contribution >= 4 is 27.7 Å². The maximum Gasteiger partial charge on any atom is 0.339 e. The van der Waals surface area contributed by atoms with Gasteiger partial charge in [-0.25, -0.2) is 9.78 Å². The molecule has 0 saturated heterocycles. The molecule has 1 heterocycles. The van der Waals surface area contributed by atoms with E-state index in [0.29, 0.717) is 10.3 Å². The van der Waals surface area contributed by atoms with Gasteiger partial charge in [-0.3, -0.25) is 0 Å². The number of aromatic nitrogens is 1. The number of aromatic carboxylic acids is 1. The van der Waals surface area contributed by atoms with Gasteiger partial charge in [-0.2, -0.15) is 0 Å². The Labute approximate surface area is 135 Å². The molecule has 5 nitrogen and oxygen atoms in total. The standard InChI is InChI=1S/C15H24BrN3O2/c1-4-18(5-2)8-7-9-19(6-3)14-13(15(20)21)10-12(16)11-17-14/h10-11H,4-9H2,1-3H3,(H,20,21). The van der Waals surface area contributed by atoms with Crippen LogP contribution in [0.4, 0.5) is 5.82 Å². The summed E-state index contributed by atoms with van der Waals surface area (Å²) in [6, 6.07) is 1.61. The molecule has 0 aromatic carbocycles. The van der Waals surface area contributed by atoms with Crippen molar-refractivity contribution in [2.24, 2.45) is 0 Å². The summed E-state index contributed by atoms with van der Waals surface area (Å²) in [6.07, 6.45) is 2.64. The normalized spacial score (nSPS) is 10.9. The van der Waals surface area contributed by atoms with Gasteiger partial charge >= 0.3 is 5.97 Å². The van der Waals surface area contributed by atoms with Crippen LogP contribution in [0.15, 0.2) is 16.7 Å². The van der Waals surface area contributed by atoms with E-state index in [0.717, 1.165) is 39.1 Å². The van der Waals surface area contributed by atoms with Crippen LogP contribution in [0.5, 0.6) is 0 Å². The molecule has 0 amide bonds. The van der Waals surface area contributed by atoms with Gasteiger partial charge in [-0.05, 0) is 55.0 Å². The first kappa shape index (κ1) is 17.9. The van der Waals surface area contributed by atoms with Gasteiger partial charge in [0.05, 0.1) is 0 Å². The van der Waals surface area contributed by atoms with Gasteiger partial charge < -0.3 is 14.9 Å². The number of carbonyl (C=O) groups is 1. The number of nitrogens with zero attached hydrogens (tertiary/aromatic N) is 3. The van der Waals surface area contributed by atoms with Crippen LogP contribution in [0.2, 0.25) is 0 Å². The summed E-state index contributed by atoms with van der Waals surface area (Å²) in [5.74, 6) is -0.395. The third kappa shape index (κ3) is 5.28. The number of pyridine rings is 1. The van der Waals surface area contributed by atoms with Crippen LogP contribution in [-0.4, -0.2) is 53.7 Å². The van der Waals surface area contributed by atoms with Crippen LogP contribution in [0.3, 0.4) is 0 Å². The second-order valence-electron chi connectivity index (χ2n) is 4.79. The van der Waals surface area contributed by atoms with Gasteiger partial charge in [-0.1, -0.05) is 13.8 Å². The smallest absolute Gasteiger partial charge is 0.339 e. The Bertz CT molecular complexity index is 464. The highest BCUT2D eigenvalue weighted by molar-refractivity contribution is 9.10. The quantitative estimate of drug-likeness (QED) is 0.735. The lowest BCUT2D eigenvalue weighted by Gasteiger charge is -2.25. The maximum atomic E-state index is 11.4. The Morgan fingerprint density at radius 3 is 2.43 bits per heavy atom. The topological polar surface area (TPSA) is 56.7 Å². The van der Waals surface area contributed by atoms with E-state index in [2.05, 4.69) is 39.7 Å². The average Bonchev–Trinajstić information content (AvgIpc) is 2.48. The third-order valence-electron chi connectivity index (χ3n) is 3.54. The zero-order valence-electron chi connectivity index (χ0n) is 13.0. The first-order valence-electron chi connectivity index (χ1n) is 7.39. The first-order chi connectivity index (χ1) is 10.0. The molecular formula is C15H24BrN3O2. The lowest BCUT2D eigenvalue weighted by Crippen LogP contribution is -2.31. The van der Waals surface area contributed by atoms with E-state index in [9.17, 15) is 9.90 Å². The Hall–Kier alpha value is -1.14. The largest absolute Gasteiger partial charge is 0.478 e. The molecule has 0 atom stereocenters.